The smallest absolute Gasteiger partial charge is 0.218 e. The molecule has 7 nitrogen and oxygen atoms in total. The van der Waals surface area contributed by atoms with Gasteiger partial charge in [-0.15, -0.1) is 0 Å². The second kappa shape index (κ2) is 7.75. The summed E-state index contributed by atoms with van der Waals surface area (Å²) in [6.45, 7) is 6.86. The molecule has 4 rings (SSSR count). The Kier molecular flexibility index (Phi) is 5.02. The molecule has 0 aliphatic carbocycles. The maximum atomic E-state index is 5.19. The normalized spacial score (nSPS) is 15.1. The second-order valence-electron chi connectivity index (χ2n) is 6.81. The van der Waals surface area contributed by atoms with Crippen molar-refractivity contribution in [2.45, 2.75) is 13.5 Å². The predicted octanol–water partition coefficient (Wildman–Crippen LogP) is 2.30. The predicted molar refractivity (Wildman–Crippen MR) is 104 cm³/mol. The fourth-order valence-electron chi connectivity index (χ4n) is 3.36. The number of aryl methyl sites for hydroxylation is 1. The van der Waals surface area contributed by atoms with E-state index in [0.717, 1.165) is 44.2 Å². The summed E-state index contributed by atoms with van der Waals surface area (Å²) < 4.78 is 7.14. The summed E-state index contributed by atoms with van der Waals surface area (Å²) >= 11 is 0. The van der Waals surface area contributed by atoms with E-state index >= 15 is 0 Å². The lowest BCUT2D eigenvalue weighted by atomic mass is 10.2. The lowest BCUT2D eigenvalue weighted by Crippen LogP contribution is -2.46. The van der Waals surface area contributed by atoms with Crippen LogP contribution in [0, 0.1) is 6.92 Å². The number of anilines is 1. The van der Waals surface area contributed by atoms with Gasteiger partial charge >= 0.3 is 0 Å². The third-order valence-electron chi connectivity index (χ3n) is 4.84. The van der Waals surface area contributed by atoms with Crippen molar-refractivity contribution in [3.63, 3.8) is 0 Å². The van der Waals surface area contributed by atoms with Crippen molar-refractivity contribution < 1.29 is 4.74 Å². The zero-order valence-corrected chi connectivity index (χ0v) is 15.7. The molecule has 140 valence electrons. The van der Waals surface area contributed by atoms with Crippen LogP contribution >= 0.6 is 0 Å². The van der Waals surface area contributed by atoms with Crippen molar-refractivity contribution in [3.05, 3.63) is 60.2 Å². The molecular weight excluding hydrogens is 340 g/mol. The average molecular weight is 364 g/mol. The van der Waals surface area contributed by atoms with Gasteiger partial charge in [-0.2, -0.15) is 5.10 Å². The van der Waals surface area contributed by atoms with Crippen LogP contribution < -0.4 is 9.64 Å². The molecule has 1 aromatic carbocycles. The van der Waals surface area contributed by atoms with Gasteiger partial charge in [0.25, 0.3) is 0 Å². The fourth-order valence-corrected chi connectivity index (χ4v) is 3.36. The van der Waals surface area contributed by atoms with E-state index in [0.29, 0.717) is 5.88 Å². The Bertz CT molecular complexity index is 901. The summed E-state index contributed by atoms with van der Waals surface area (Å²) in [5, 5.41) is 4.52. The maximum Gasteiger partial charge on any atom is 0.218 e. The highest BCUT2D eigenvalue weighted by Gasteiger charge is 2.19. The molecule has 3 aromatic rings. The standard InChI is InChI=1S/C20H24N6O/c1-16-4-3-5-18(10-16)26-14-17(12-23-26)13-24-6-8-25(9-7-24)19-11-20(27-2)22-15-21-19/h3-5,10-12,14-15H,6-9,13H2,1-2H3. The quantitative estimate of drug-likeness (QED) is 0.692. The van der Waals surface area contributed by atoms with Crippen molar-refractivity contribution in [2.75, 3.05) is 38.2 Å². The molecule has 1 aliphatic heterocycles. The minimum Gasteiger partial charge on any atom is -0.481 e. The van der Waals surface area contributed by atoms with Gasteiger partial charge in [-0.05, 0) is 24.6 Å². The maximum absolute atomic E-state index is 5.19. The molecule has 0 bridgehead atoms. The lowest BCUT2D eigenvalue weighted by molar-refractivity contribution is 0.249. The van der Waals surface area contributed by atoms with Crippen LogP contribution in [0.3, 0.4) is 0 Å². The van der Waals surface area contributed by atoms with Crippen LogP contribution in [0.15, 0.2) is 49.1 Å². The first-order valence-corrected chi connectivity index (χ1v) is 9.15. The van der Waals surface area contributed by atoms with Gasteiger partial charge in [-0.25, -0.2) is 14.6 Å². The lowest BCUT2D eigenvalue weighted by Gasteiger charge is -2.35. The van der Waals surface area contributed by atoms with Gasteiger partial charge in [0.05, 0.1) is 19.0 Å². The van der Waals surface area contributed by atoms with Crippen molar-refractivity contribution in [3.8, 4) is 11.6 Å². The molecule has 0 N–H and O–H groups in total. The Hall–Kier alpha value is -2.93. The van der Waals surface area contributed by atoms with E-state index in [1.807, 2.05) is 16.9 Å². The highest BCUT2D eigenvalue weighted by Crippen LogP contribution is 2.18. The van der Waals surface area contributed by atoms with Crippen LogP contribution in [0.25, 0.3) is 5.69 Å². The summed E-state index contributed by atoms with van der Waals surface area (Å²) in [4.78, 5) is 13.2. The van der Waals surface area contributed by atoms with Crippen molar-refractivity contribution >= 4 is 5.82 Å². The van der Waals surface area contributed by atoms with Crippen LogP contribution in [0.4, 0.5) is 5.82 Å². The third kappa shape index (κ3) is 4.09. The molecular formula is C20H24N6O. The molecule has 2 aromatic heterocycles. The monoisotopic (exact) mass is 364 g/mol. The number of hydrogen-bond acceptors (Lipinski definition) is 6. The first-order chi connectivity index (χ1) is 13.2. The van der Waals surface area contributed by atoms with E-state index in [1.54, 1.807) is 13.4 Å². The fraction of sp³-hybridized carbons (Fsp3) is 0.350. The molecule has 3 heterocycles. The topological polar surface area (TPSA) is 59.3 Å². The molecule has 0 unspecified atom stereocenters. The first-order valence-electron chi connectivity index (χ1n) is 9.15. The highest BCUT2D eigenvalue weighted by atomic mass is 16.5. The van der Waals surface area contributed by atoms with Crippen LogP contribution in [0.2, 0.25) is 0 Å². The third-order valence-corrected chi connectivity index (χ3v) is 4.84. The van der Waals surface area contributed by atoms with Crippen molar-refractivity contribution in [2.24, 2.45) is 0 Å². The van der Waals surface area contributed by atoms with Crippen molar-refractivity contribution in [1.29, 1.82) is 0 Å². The number of aromatic nitrogens is 4. The number of ether oxygens (including phenoxy) is 1. The van der Waals surface area contributed by atoms with E-state index in [2.05, 4.69) is 62.3 Å². The SMILES string of the molecule is COc1cc(N2CCN(Cc3cnn(-c4cccc(C)c4)c3)CC2)ncn1. The van der Waals surface area contributed by atoms with Gasteiger partial charge < -0.3 is 9.64 Å². The average Bonchev–Trinajstić information content (AvgIpc) is 3.17. The Morgan fingerprint density at radius 2 is 1.93 bits per heavy atom. The number of rotatable bonds is 5. The Labute approximate surface area is 159 Å². The summed E-state index contributed by atoms with van der Waals surface area (Å²) in [6.07, 6.45) is 5.64. The number of hydrogen-bond donors (Lipinski definition) is 0. The zero-order valence-electron chi connectivity index (χ0n) is 15.7. The van der Waals surface area contributed by atoms with Crippen LogP contribution in [-0.2, 0) is 6.54 Å². The molecule has 0 saturated carbocycles. The zero-order chi connectivity index (χ0) is 18.6. The summed E-state index contributed by atoms with van der Waals surface area (Å²) in [5.41, 5.74) is 3.57. The molecule has 0 amide bonds. The van der Waals surface area contributed by atoms with Crippen LogP contribution in [-0.4, -0.2) is 57.9 Å². The van der Waals surface area contributed by atoms with Crippen molar-refractivity contribution in [1.82, 2.24) is 24.6 Å². The number of methoxy groups -OCH3 is 1. The van der Waals surface area contributed by atoms with Crippen LogP contribution in [0.1, 0.15) is 11.1 Å². The van der Waals surface area contributed by atoms with E-state index < -0.39 is 0 Å². The van der Waals surface area contributed by atoms with Gasteiger partial charge in [-0.1, -0.05) is 12.1 Å². The second-order valence-corrected chi connectivity index (χ2v) is 6.81. The largest absolute Gasteiger partial charge is 0.481 e. The molecule has 27 heavy (non-hydrogen) atoms. The van der Waals surface area contributed by atoms with E-state index in [9.17, 15) is 0 Å². The Balaban J connectivity index is 1.35. The number of benzene rings is 1. The molecule has 0 atom stereocenters. The minimum atomic E-state index is 0.603. The minimum absolute atomic E-state index is 0.603. The molecule has 0 spiro atoms. The Morgan fingerprint density at radius 1 is 1.07 bits per heavy atom. The molecule has 7 heteroatoms. The van der Waals surface area contributed by atoms with Gasteiger partial charge in [-0.3, -0.25) is 4.90 Å². The highest BCUT2D eigenvalue weighted by molar-refractivity contribution is 5.41. The summed E-state index contributed by atoms with van der Waals surface area (Å²) in [6, 6.07) is 10.3. The molecule has 1 aliphatic rings. The van der Waals surface area contributed by atoms with Gasteiger partial charge in [0.15, 0.2) is 0 Å². The van der Waals surface area contributed by atoms with E-state index in [4.69, 9.17) is 4.74 Å². The van der Waals surface area contributed by atoms with Gasteiger partial charge in [0, 0.05) is 50.6 Å². The number of nitrogens with zero attached hydrogens (tertiary/aromatic N) is 6. The first kappa shape index (κ1) is 17.5. The Morgan fingerprint density at radius 3 is 2.70 bits per heavy atom. The van der Waals surface area contributed by atoms with E-state index in [1.165, 1.54) is 11.1 Å². The van der Waals surface area contributed by atoms with Gasteiger partial charge in [0.1, 0.15) is 12.1 Å². The molecule has 1 fully saturated rings. The van der Waals surface area contributed by atoms with E-state index in [-0.39, 0.29) is 0 Å². The number of piperazine rings is 1. The molecule has 1 saturated heterocycles. The van der Waals surface area contributed by atoms with Crippen LogP contribution in [0.5, 0.6) is 5.88 Å². The summed E-state index contributed by atoms with van der Waals surface area (Å²) in [5.74, 6) is 1.53. The summed E-state index contributed by atoms with van der Waals surface area (Å²) in [7, 11) is 1.63. The van der Waals surface area contributed by atoms with Gasteiger partial charge in [0.2, 0.25) is 5.88 Å². The molecule has 0 radical (unpaired) electrons.